The van der Waals surface area contributed by atoms with Gasteiger partial charge in [0.25, 0.3) is 0 Å². The molecule has 1 aliphatic heterocycles. The number of thioether (sulfide) groups is 1. The molecule has 7 heteroatoms. The highest BCUT2D eigenvalue weighted by molar-refractivity contribution is 7.99. The van der Waals surface area contributed by atoms with Gasteiger partial charge in [0.05, 0.1) is 14.2 Å². The van der Waals surface area contributed by atoms with Gasteiger partial charge in [-0.2, -0.15) is 0 Å². The second kappa shape index (κ2) is 8.10. The van der Waals surface area contributed by atoms with E-state index >= 15 is 0 Å². The number of carbonyl (C=O) groups excluding carboxylic acids is 1. The summed E-state index contributed by atoms with van der Waals surface area (Å²) in [6.07, 6.45) is 1.62. The smallest absolute Gasteiger partial charge is 0.326 e. The van der Waals surface area contributed by atoms with Crippen LogP contribution in [0.15, 0.2) is 23.1 Å². The Morgan fingerprint density at radius 2 is 2.04 bits per heavy atom. The van der Waals surface area contributed by atoms with E-state index < -0.39 is 12.0 Å². The molecule has 1 aliphatic rings. The van der Waals surface area contributed by atoms with Gasteiger partial charge in [0.1, 0.15) is 6.04 Å². The number of hydrogen-bond acceptors (Lipinski definition) is 5. The molecule has 0 bridgehead atoms. The van der Waals surface area contributed by atoms with E-state index in [9.17, 15) is 9.59 Å². The third-order valence-corrected chi connectivity index (χ3v) is 4.79. The number of hydrogen-bond donors (Lipinski definition) is 1. The zero-order chi connectivity index (χ0) is 16.8. The number of benzene rings is 1. The van der Waals surface area contributed by atoms with Crippen LogP contribution < -0.4 is 9.47 Å². The summed E-state index contributed by atoms with van der Waals surface area (Å²) in [5.41, 5.74) is 0. The van der Waals surface area contributed by atoms with E-state index in [4.69, 9.17) is 14.6 Å². The molecular weight excluding hydrogens is 318 g/mol. The molecule has 1 aromatic rings. The number of likely N-dealkylation sites (tertiary alicyclic amines) is 1. The number of carboxylic acids is 1. The summed E-state index contributed by atoms with van der Waals surface area (Å²) in [6.45, 7) is 0.539. The van der Waals surface area contributed by atoms with Crippen molar-refractivity contribution >= 4 is 23.6 Å². The van der Waals surface area contributed by atoms with Gasteiger partial charge in [-0.15, -0.1) is 11.8 Å². The van der Waals surface area contributed by atoms with Crippen molar-refractivity contribution in [1.29, 1.82) is 0 Å². The van der Waals surface area contributed by atoms with Gasteiger partial charge >= 0.3 is 5.97 Å². The number of methoxy groups -OCH3 is 2. The Hall–Kier alpha value is -1.89. The molecule has 1 atom stereocenters. The summed E-state index contributed by atoms with van der Waals surface area (Å²) in [6, 6.07) is 4.94. The van der Waals surface area contributed by atoms with Crippen LogP contribution in [0.4, 0.5) is 0 Å². The molecule has 1 fully saturated rings. The van der Waals surface area contributed by atoms with Gasteiger partial charge in [-0.05, 0) is 31.0 Å². The highest BCUT2D eigenvalue weighted by Crippen LogP contribution is 2.32. The van der Waals surface area contributed by atoms with E-state index in [2.05, 4.69) is 0 Å². The van der Waals surface area contributed by atoms with Crippen LogP contribution in [0.3, 0.4) is 0 Å². The molecule has 1 N–H and O–H groups in total. The normalized spacial score (nSPS) is 17.1. The molecule has 0 aliphatic carbocycles. The summed E-state index contributed by atoms with van der Waals surface area (Å²) in [4.78, 5) is 25.8. The zero-order valence-corrected chi connectivity index (χ0v) is 14.1. The van der Waals surface area contributed by atoms with Crippen molar-refractivity contribution in [2.45, 2.75) is 30.2 Å². The highest BCUT2D eigenvalue weighted by Gasteiger charge is 2.33. The summed E-state index contributed by atoms with van der Waals surface area (Å²) >= 11 is 1.54. The minimum absolute atomic E-state index is 0.0946. The van der Waals surface area contributed by atoms with Crippen LogP contribution in [-0.2, 0) is 9.59 Å². The summed E-state index contributed by atoms with van der Waals surface area (Å²) < 4.78 is 10.4. The van der Waals surface area contributed by atoms with Crippen molar-refractivity contribution in [2.24, 2.45) is 0 Å². The molecular formula is C16H21NO5S. The van der Waals surface area contributed by atoms with E-state index in [1.54, 1.807) is 14.2 Å². The van der Waals surface area contributed by atoms with E-state index in [1.807, 2.05) is 18.2 Å². The van der Waals surface area contributed by atoms with Gasteiger partial charge in [-0.25, -0.2) is 4.79 Å². The number of rotatable bonds is 7. The van der Waals surface area contributed by atoms with Gasteiger partial charge < -0.3 is 19.5 Å². The second-order valence-corrected chi connectivity index (χ2v) is 6.37. The lowest BCUT2D eigenvalue weighted by atomic mass is 10.2. The van der Waals surface area contributed by atoms with Crippen molar-refractivity contribution in [3.63, 3.8) is 0 Å². The average Bonchev–Trinajstić information content (AvgIpc) is 3.04. The van der Waals surface area contributed by atoms with Crippen LogP contribution in [0.5, 0.6) is 11.5 Å². The van der Waals surface area contributed by atoms with Crippen LogP contribution in [0.2, 0.25) is 0 Å². The first-order valence-corrected chi connectivity index (χ1v) is 8.42. The Morgan fingerprint density at radius 1 is 1.30 bits per heavy atom. The Labute approximate surface area is 139 Å². The number of ether oxygens (including phenoxy) is 2. The van der Waals surface area contributed by atoms with Crippen molar-refractivity contribution in [1.82, 2.24) is 4.90 Å². The lowest BCUT2D eigenvalue weighted by Gasteiger charge is -2.21. The summed E-state index contributed by atoms with van der Waals surface area (Å²) in [7, 11) is 3.16. The Balaban J connectivity index is 1.87. The number of amides is 1. The number of carbonyl (C=O) groups is 2. The van der Waals surface area contributed by atoms with Gasteiger partial charge in [0.15, 0.2) is 11.5 Å². The number of carboxylic acid groups (broad SMARTS) is 1. The van der Waals surface area contributed by atoms with Crippen LogP contribution in [0.25, 0.3) is 0 Å². The SMILES string of the molecule is COc1ccc(SCCC(=O)N2CCCC2C(=O)O)cc1OC. The van der Waals surface area contributed by atoms with E-state index in [1.165, 1.54) is 16.7 Å². The lowest BCUT2D eigenvalue weighted by Crippen LogP contribution is -2.40. The Kier molecular flexibility index (Phi) is 6.15. The van der Waals surface area contributed by atoms with Crippen LogP contribution in [0.1, 0.15) is 19.3 Å². The van der Waals surface area contributed by atoms with E-state index in [0.717, 1.165) is 11.3 Å². The predicted octanol–water partition coefficient (Wildman–Crippen LogP) is 2.26. The average molecular weight is 339 g/mol. The molecule has 1 aromatic carbocycles. The topological polar surface area (TPSA) is 76.1 Å². The predicted molar refractivity (Wildman–Crippen MR) is 87.3 cm³/mol. The van der Waals surface area contributed by atoms with Gasteiger partial charge in [0.2, 0.25) is 5.91 Å². The third-order valence-electron chi connectivity index (χ3n) is 3.80. The quantitative estimate of drug-likeness (QED) is 0.768. The number of nitrogens with zero attached hydrogens (tertiary/aromatic N) is 1. The molecule has 23 heavy (non-hydrogen) atoms. The molecule has 0 spiro atoms. The Morgan fingerprint density at radius 3 is 2.70 bits per heavy atom. The van der Waals surface area contributed by atoms with Crippen LogP contribution in [-0.4, -0.2) is 54.4 Å². The first-order valence-electron chi connectivity index (χ1n) is 7.44. The minimum Gasteiger partial charge on any atom is -0.493 e. The molecule has 1 amide bonds. The van der Waals surface area contributed by atoms with Gasteiger partial charge in [-0.3, -0.25) is 4.79 Å². The fourth-order valence-corrected chi connectivity index (χ4v) is 3.50. The van der Waals surface area contributed by atoms with Crippen molar-refractivity contribution in [2.75, 3.05) is 26.5 Å². The van der Waals surface area contributed by atoms with Gasteiger partial charge in [-0.1, -0.05) is 0 Å². The molecule has 0 saturated carbocycles. The summed E-state index contributed by atoms with van der Waals surface area (Å²) in [5, 5.41) is 9.12. The second-order valence-electron chi connectivity index (χ2n) is 5.20. The fourth-order valence-electron chi connectivity index (χ4n) is 2.63. The molecule has 1 saturated heterocycles. The fraction of sp³-hybridized carbons (Fsp3) is 0.500. The molecule has 6 nitrogen and oxygen atoms in total. The van der Waals surface area contributed by atoms with Gasteiger partial charge in [0, 0.05) is 23.6 Å². The summed E-state index contributed by atoms with van der Waals surface area (Å²) in [5.74, 6) is 0.895. The molecule has 2 rings (SSSR count). The largest absolute Gasteiger partial charge is 0.493 e. The molecule has 0 radical (unpaired) electrons. The van der Waals surface area contributed by atoms with E-state index in [0.29, 0.717) is 36.6 Å². The van der Waals surface area contributed by atoms with Crippen LogP contribution in [0, 0.1) is 0 Å². The monoisotopic (exact) mass is 339 g/mol. The molecule has 1 heterocycles. The maximum atomic E-state index is 12.2. The Bertz CT molecular complexity index is 578. The van der Waals surface area contributed by atoms with Crippen molar-refractivity contribution in [3.8, 4) is 11.5 Å². The first-order chi connectivity index (χ1) is 11.1. The maximum Gasteiger partial charge on any atom is 0.326 e. The van der Waals surface area contributed by atoms with Crippen molar-refractivity contribution < 1.29 is 24.2 Å². The standard InChI is InChI=1S/C16H21NO5S/c1-21-13-6-5-11(10-14(13)22-2)23-9-7-15(18)17-8-3-4-12(17)16(19)20/h5-6,10,12H,3-4,7-9H2,1-2H3,(H,19,20). The highest BCUT2D eigenvalue weighted by atomic mass is 32.2. The molecule has 1 unspecified atom stereocenters. The minimum atomic E-state index is -0.914. The zero-order valence-electron chi connectivity index (χ0n) is 13.3. The molecule has 126 valence electrons. The number of aliphatic carboxylic acids is 1. The molecule has 0 aromatic heterocycles. The maximum absolute atomic E-state index is 12.2. The lowest BCUT2D eigenvalue weighted by molar-refractivity contribution is -0.148. The third kappa shape index (κ3) is 4.31. The first kappa shape index (κ1) is 17.5. The van der Waals surface area contributed by atoms with Crippen molar-refractivity contribution in [3.05, 3.63) is 18.2 Å². The van der Waals surface area contributed by atoms with E-state index in [-0.39, 0.29) is 5.91 Å². The van der Waals surface area contributed by atoms with Crippen LogP contribution >= 0.6 is 11.8 Å².